The molecule has 5 heteroatoms. The van der Waals surface area contributed by atoms with Gasteiger partial charge < -0.3 is 15.0 Å². The molecular formula is C15H24N2O3. The summed E-state index contributed by atoms with van der Waals surface area (Å²) >= 11 is 0. The van der Waals surface area contributed by atoms with Gasteiger partial charge in [0, 0.05) is 20.3 Å². The van der Waals surface area contributed by atoms with Crippen LogP contribution >= 0.6 is 0 Å². The van der Waals surface area contributed by atoms with Crippen LogP contribution in [0.1, 0.15) is 39.0 Å². The van der Waals surface area contributed by atoms with Gasteiger partial charge in [-0.1, -0.05) is 0 Å². The van der Waals surface area contributed by atoms with Crippen molar-refractivity contribution in [3.63, 3.8) is 0 Å². The Morgan fingerprint density at radius 2 is 2.05 bits per heavy atom. The third-order valence-corrected chi connectivity index (χ3v) is 5.09. The molecule has 0 spiro atoms. The number of nitrogens with zero attached hydrogens (tertiary/aromatic N) is 1. The number of nitrogens with one attached hydrogen (secondary N) is 1. The van der Waals surface area contributed by atoms with Crippen molar-refractivity contribution in [2.75, 3.05) is 20.3 Å². The molecule has 20 heavy (non-hydrogen) atoms. The van der Waals surface area contributed by atoms with Crippen LogP contribution in [0.25, 0.3) is 0 Å². The molecule has 1 saturated heterocycles. The van der Waals surface area contributed by atoms with E-state index >= 15 is 0 Å². The molecule has 1 N–H and O–H groups in total. The molecule has 2 unspecified atom stereocenters. The highest BCUT2D eigenvalue weighted by Crippen LogP contribution is 2.50. The molecule has 3 aliphatic rings. The lowest BCUT2D eigenvalue weighted by atomic mass is 9.98. The molecule has 2 atom stereocenters. The van der Waals surface area contributed by atoms with Crippen LogP contribution in [0.4, 0.5) is 0 Å². The van der Waals surface area contributed by atoms with E-state index in [1.165, 1.54) is 0 Å². The summed E-state index contributed by atoms with van der Waals surface area (Å²) in [6, 6.07) is -0.602. The van der Waals surface area contributed by atoms with Gasteiger partial charge in [0.1, 0.15) is 12.1 Å². The number of ether oxygens (including phenoxy) is 1. The molecule has 0 bridgehead atoms. The molecule has 2 aliphatic carbocycles. The fourth-order valence-electron chi connectivity index (χ4n) is 3.15. The summed E-state index contributed by atoms with van der Waals surface area (Å²) < 4.78 is 5.17. The second kappa shape index (κ2) is 5.02. The van der Waals surface area contributed by atoms with Crippen molar-refractivity contribution in [3.05, 3.63) is 0 Å². The second-order valence-electron chi connectivity index (χ2n) is 6.71. The van der Waals surface area contributed by atoms with Crippen LogP contribution in [0.2, 0.25) is 0 Å². The van der Waals surface area contributed by atoms with E-state index in [4.69, 9.17) is 4.74 Å². The first-order valence-electron chi connectivity index (χ1n) is 7.66. The molecule has 1 aliphatic heterocycles. The Bertz CT molecular complexity index is 415. The fraction of sp³-hybridized carbons (Fsp3) is 0.867. The summed E-state index contributed by atoms with van der Waals surface area (Å²) in [5, 5.41) is 2.90. The van der Waals surface area contributed by atoms with E-state index in [0.717, 1.165) is 38.7 Å². The van der Waals surface area contributed by atoms with Crippen LogP contribution in [-0.4, -0.2) is 49.1 Å². The van der Waals surface area contributed by atoms with Gasteiger partial charge in [0.25, 0.3) is 0 Å². The Hall–Kier alpha value is -1.10. The summed E-state index contributed by atoms with van der Waals surface area (Å²) in [4.78, 5) is 26.5. The molecule has 0 radical (unpaired) electrons. The maximum absolute atomic E-state index is 12.6. The number of methoxy groups -OCH3 is 1. The lowest BCUT2D eigenvalue weighted by molar-refractivity contribution is -0.150. The van der Waals surface area contributed by atoms with E-state index in [1.54, 1.807) is 7.11 Å². The van der Waals surface area contributed by atoms with Crippen molar-refractivity contribution < 1.29 is 14.3 Å². The second-order valence-corrected chi connectivity index (χ2v) is 6.71. The molecular weight excluding hydrogens is 256 g/mol. The van der Waals surface area contributed by atoms with Crippen LogP contribution in [0.5, 0.6) is 0 Å². The number of hydrogen-bond donors (Lipinski definition) is 1. The van der Waals surface area contributed by atoms with E-state index in [1.807, 2.05) is 11.8 Å². The monoisotopic (exact) mass is 280 g/mol. The average molecular weight is 280 g/mol. The normalized spacial score (nSPS) is 32.2. The molecule has 3 rings (SSSR count). The number of hydrogen-bond acceptors (Lipinski definition) is 3. The van der Waals surface area contributed by atoms with Crippen LogP contribution in [-0.2, 0) is 14.3 Å². The van der Waals surface area contributed by atoms with Gasteiger partial charge in [0.2, 0.25) is 11.8 Å². The van der Waals surface area contributed by atoms with Crippen molar-refractivity contribution in [1.29, 1.82) is 0 Å². The molecule has 0 aromatic heterocycles. The van der Waals surface area contributed by atoms with Crippen molar-refractivity contribution in [2.24, 2.45) is 11.3 Å². The predicted octanol–water partition coefficient (Wildman–Crippen LogP) is 0.929. The number of carbonyl (C=O) groups is 2. The van der Waals surface area contributed by atoms with Crippen molar-refractivity contribution in [2.45, 2.75) is 51.1 Å². The van der Waals surface area contributed by atoms with Gasteiger partial charge in [-0.05, 0) is 50.4 Å². The zero-order chi connectivity index (χ0) is 14.3. The molecule has 5 nitrogen and oxygen atoms in total. The van der Waals surface area contributed by atoms with Crippen molar-refractivity contribution in [1.82, 2.24) is 10.2 Å². The zero-order valence-corrected chi connectivity index (χ0v) is 12.4. The Labute approximate surface area is 120 Å². The smallest absolute Gasteiger partial charge is 0.246 e. The van der Waals surface area contributed by atoms with Crippen LogP contribution in [0.15, 0.2) is 0 Å². The highest BCUT2D eigenvalue weighted by Gasteiger charge is 2.50. The number of piperazine rings is 1. The summed E-state index contributed by atoms with van der Waals surface area (Å²) in [5.41, 5.74) is 0.200. The summed E-state index contributed by atoms with van der Waals surface area (Å²) in [7, 11) is 1.71. The van der Waals surface area contributed by atoms with Crippen LogP contribution in [0, 0.1) is 11.3 Å². The minimum atomic E-state index is -0.336. The van der Waals surface area contributed by atoms with Crippen LogP contribution < -0.4 is 5.32 Å². The number of carbonyl (C=O) groups excluding carboxylic acids is 2. The maximum Gasteiger partial charge on any atom is 0.246 e. The Kier molecular flexibility index (Phi) is 3.48. The first-order valence-corrected chi connectivity index (χ1v) is 7.66. The van der Waals surface area contributed by atoms with Gasteiger partial charge >= 0.3 is 0 Å². The minimum absolute atomic E-state index is 0.00374. The standard InChI is InChI=1S/C15H24N2O3/c1-10-13(18)16-12(11-3-4-11)14(19)17(10)9-15(5-6-15)7-8-20-2/h10-12H,3-9H2,1-2H3,(H,16,18). The molecule has 0 aromatic carbocycles. The Balaban J connectivity index is 1.69. The van der Waals surface area contributed by atoms with E-state index in [-0.39, 0.29) is 29.3 Å². The molecule has 3 fully saturated rings. The third kappa shape index (κ3) is 2.55. The zero-order valence-electron chi connectivity index (χ0n) is 12.4. The maximum atomic E-state index is 12.6. The highest BCUT2D eigenvalue weighted by atomic mass is 16.5. The van der Waals surface area contributed by atoms with Gasteiger partial charge in [-0.2, -0.15) is 0 Å². The largest absolute Gasteiger partial charge is 0.385 e. The first kappa shape index (κ1) is 13.9. The minimum Gasteiger partial charge on any atom is -0.385 e. The van der Waals surface area contributed by atoms with Crippen LogP contribution in [0.3, 0.4) is 0 Å². The molecule has 1 heterocycles. The predicted molar refractivity (Wildman–Crippen MR) is 74.0 cm³/mol. The van der Waals surface area contributed by atoms with Crippen molar-refractivity contribution >= 4 is 11.8 Å². The lowest BCUT2D eigenvalue weighted by Gasteiger charge is -2.39. The Morgan fingerprint density at radius 1 is 1.35 bits per heavy atom. The van der Waals surface area contributed by atoms with E-state index in [2.05, 4.69) is 5.32 Å². The first-order chi connectivity index (χ1) is 9.56. The third-order valence-electron chi connectivity index (χ3n) is 5.09. The van der Waals surface area contributed by atoms with E-state index in [9.17, 15) is 9.59 Å². The quantitative estimate of drug-likeness (QED) is 0.787. The SMILES string of the molecule is COCCC1(CN2C(=O)C(C3CC3)NC(=O)C2C)CC1. The van der Waals surface area contributed by atoms with Gasteiger partial charge in [-0.3, -0.25) is 9.59 Å². The molecule has 112 valence electrons. The Morgan fingerprint density at radius 3 is 2.60 bits per heavy atom. The topological polar surface area (TPSA) is 58.6 Å². The molecule has 0 aromatic rings. The number of amides is 2. The highest BCUT2D eigenvalue weighted by molar-refractivity contribution is 5.97. The summed E-state index contributed by atoms with van der Waals surface area (Å²) in [6.45, 7) is 3.28. The van der Waals surface area contributed by atoms with E-state index in [0.29, 0.717) is 12.5 Å². The number of rotatable bonds is 6. The fourth-order valence-corrected chi connectivity index (χ4v) is 3.15. The molecule has 2 amide bonds. The van der Waals surface area contributed by atoms with Gasteiger partial charge in [0.15, 0.2) is 0 Å². The lowest BCUT2D eigenvalue weighted by Crippen LogP contribution is -2.64. The van der Waals surface area contributed by atoms with E-state index < -0.39 is 0 Å². The summed E-state index contributed by atoms with van der Waals surface area (Å²) in [5.74, 6) is 0.503. The summed E-state index contributed by atoms with van der Waals surface area (Å²) in [6.07, 6.45) is 5.39. The van der Waals surface area contributed by atoms with Crippen molar-refractivity contribution in [3.8, 4) is 0 Å². The van der Waals surface area contributed by atoms with Gasteiger partial charge in [-0.25, -0.2) is 0 Å². The average Bonchev–Trinajstić information content (AvgIpc) is 3.32. The molecule has 2 saturated carbocycles. The van der Waals surface area contributed by atoms with Gasteiger partial charge in [-0.15, -0.1) is 0 Å². The van der Waals surface area contributed by atoms with Gasteiger partial charge in [0.05, 0.1) is 0 Å².